The molecule has 0 saturated carbocycles. The normalized spacial score (nSPS) is 20.0. The van der Waals surface area contributed by atoms with Crippen LogP contribution in [0.1, 0.15) is 70.2 Å². The van der Waals surface area contributed by atoms with E-state index in [0.29, 0.717) is 13.2 Å². The summed E-state index contributed by atoms with van der Waals surface area (Å²) < 4.78 is 17.6. The predicted molar refractivity (Wildman–Crippen MR) is 103 cm³/mol. The zero-order valence-corrected chi connectivity index (χ0v) is 16.7. The molecule has 2 saturated heterocycles. The summed E-state index contributed by atoms with van der Waals surface area (Å²) in [6.45, 7) is 11.6. The second-order valence-corrected chi connectivity index (χ2v) is 7.15. The van der Waals surface area contributed by atoms with Crippen LogP contribution in [0, 0.1) is 6.92 Å². The lowest BCUT2D eigenvalue weighted by Crippen LogP contribution is -2.56. The number of hydrazine groups is 2. The fourth-order valence-electron chi connectivity index (χ4n) is 3.94. The summed E-state index contributed by atoms with van der Waals surface area (Å²) >= 11 is 0. The van der Waals surface area contributed by atoms with Gasteiger partial charge in [0.05, 0.1) is 0 Å². The molecule has 6 heteroatoms. The molecule has 3 heterocycles. The van der Waals surface area contributed by atoms with Crippen molar-refractivity contribution in [3.8, 4) is 0 Å². The van der Waals surface area contributed by atoms with Gasteiger partial charge in [0.25, 0.3) is 0 Å². The second kappa shape index (κ2) is 9.74. The first kappa shape index (κ1) is 19.7. The van der Waals surface area contributed by atoms with Crippen LogP contribution in [-0.4, -0.2) is 49.4 Å². The average Bonchev–Trinajstić information content (AvgIpc) is 3.05. The van der Waals surface area contributed by atoms with E-state index in [9.17, 15) is 0 Å². The Morgan fingerprint density at radius 1 is 0.923 bits per heavy atom. The molecule has 6 nitrogen and oxygen atoms in total. The fraction of sp³-hybridized carbons (Fsp3) is 0.800. The molecule has 0 unspecified atom stereocenters. The van der Waals surface area contributed by atoms with Gasteiger partial charge in [0.15, 0.2) is 5.76 Å². The molecule has 0 atom stereocenters. The predicted octanol–water partition coefficient (Wildman–Crippen LogP) is 4.27. The molecule has 2 aliphatic rings. The van der Waals surface area contributed by atoms with E-state index in [4.69, 9.17) is 13.9 Å². The van der Waals surface area contributed by atoms with Crippen LogP contribution in [0.4, 0.5) is 5.69 Å². The Bertz CT molecular complexity index is 512. The summed E-state index contributed by atoms with van der Waals surface area (Å²) in [6, 6.07) is 2.12. The Morgan fingerprint density at radius 2 is 1.42 bits per heavy atom. The van der Waals surface area contributed by atoms with E-state index in [1.54, 1.807) is 0 Å². The topological polar surface area (TPSA) is 41.3 Å². The van der Waals surface area contributed by atoms with Gasteiger partial charge < -0.3 is 13.9 Å². The van der Waals surface area contributed by atoms with E-state index in [2.05, 4.69) is 28.1 Å². The van der Waals surface area contributed by atoms with E-state index < -0.39 is 6.29 Å². The molecule has 0 spiro atoms. The molecule has 0 N–H and O–H groups in total. The Labute approximate surface area is 158 Å². The molecule has 0 aromatic carbocycles. The van der Waals surface area contributed by atoms with Crippen LogP contribution < -0.4 is 5.12 Å². The van der Waals surface area contributed by atoms with Gasteiger partial charge in [-0.25, -0.2) is 15.1 Å². The Morgan fingerprint density at radius 3 is 1.88 bits per heavy atom. The first-order valence-electron chi connectivity index (χ1n) is 10.4. The molecule has 3 rings (SSSR count). The standard InChI is InChI=1S/C20H35N3O3/c1-4-24-20(25-5-2)19-16-18(17(3)26-19)23(21-12-8-6-9-13-21)22-14-10-7-11-15-22/h16,20H,4-15H2,1-3H3. The van der Waals surface area contributed by atoms with E-state index in [1.165, 1.54) is 38.5 Å². The highest BCUT2D eigenvalue weighted by Gasteiger charge is 2.30. The maximum Gasteiger partial charge on any atom is 0.217 e. The molecule has 0 aliphatic carbocycles. The van der Waals surface area contributed by atoms with Gasteiger partial charge in [-0.2, -0.15) is 0 Å². The molecular weight excluding hydrogens is 330 g/mol. The average molecular weight is 366 g/mol. The minimum Gasteiger partial charge on any atom is -0.459 e. The number of rotatable bonds is 8. The number of anilines is 1. The van der Waals surface area contributed by atoms with Gasteiger partial charge >= 0.3 is 0 Å². The Balaban J connectivity index is 1.87. The zero-order valence-electron chi connectivity index (χ0n) is 16.7. The zero-order chi connectivity index (χ0) is 18.4. The summed E-state index contributed by atoms with van der Waals surface area (Å²) in [5.41, 5.74) is 1.13. The summed E-state index contributed by atoms with van der Waals surface area (Å²) in [4.78, 5) is 0. The Hall–Kier alpha value is -1.08. The lowest BCUT2D eigenvalue weighted by molar-refractivity contribution is -0.150. The van der Waals surface area contributed by atoms with Gasteiger partial charge in [-0.05, 0) is 46.5 Å². The number of ether oxygens (including phenoxy) is 2. The molecule has 1 aromatic heterocycles. The molecule has 148 valence electrons. The van der Waals surface area contributed by atoms with Crippen LogP contribution in [-0.2, 0) is 9.47 Å². The lowest BCUT2D eigenvalue weighted by Gasteiger charge is -2.46. The third-order valence-electron chi connectivity index (χ3n) is 5.20. The van der Waals surface area contributed by atoms with E-state index in [1.807, 2.05) is 13.8 Å². The molecule has 0 radical (unpaired) electrons. The summed E-state index contributed by atoms with van der Waals surface area (Å²) in [7, 11) is 0. The number of aryl methyl sites for hydroxylation is 1. The molecule has 0 bridgehead atoms. The monoisotopic (exact) mass is 365 g/mol. The quantitative estimate of drug-likeness (QED) is 0.641. The third kappa shape index (κ3) is 4.60. The van der Waals surface area contributed by atoms with E-state index in [0.717, 1.165) is 43.4 Å². The number of hydrogen-bond donors (Lipinski definition) is 0. The largest absolute Gasteiger partial charge is 0.459 e. The molecule has 2 fully saturated rings. The molecule has 26 heavy (non-hydrogen) atoms. The fourth-order valence-corrected chi connectivity index (χ4v) is 3.94. The summed E-state index contributed by atoms with van der Waals surface area (Å²) in [5, 5.41) is 7.38. The maximum atomic E-state index is 6.10. The van der Waals surface area contributed by atoms with Crippen molar-refractivity contribution in [1.82, 2.24) is 10.0 Å². The van der Waals surface area contributed by atoms with Crippen molar-refractivity contribution in [2.24, 2.45) is 0 Å². The molecule has 1 aromatic rings. The van der Waals surface area contributed by atoms with Crippen LogP contribution >= 0.6 is 0 Å². The van der Waals surface area contributed by atoms with Crippen LogP contribution in [0.15, 0.2) is 10.5 Å². The van der Waals surface area contributed by atoms with Crippen LogP contribution in [0.5, 0.6) is 0 Å². The van der Waals surface area contributed by atoms with Crippen molar-refractivity contribution in [2.75, 3.05) is 44.5 Å². The van der Waals surface area contributed by atoms with Gasteiger partial charge in [-0.15, -0.1) is 0 Å². The van der Waals surface area contributed by atoms with Gasteiger partial charge in [0, 0.05) is 45.5 Å². The SMILES string of the molecule is CCOC(OCC)c1cc(N(N2CCCCC2)N2CCCCC2)c(C)o1. The third-order valence-corrected chi connectivity index (χ3v) is 5.20. The first-order chi connectivity index (χ1) is 12.7. The highest BCUT2D eigenvalue weighted by Crippen LogP contribution is 2.33. The summed E-state index contributed by atoms with van der Waals surface area (Å²) in [5.74, 6) is 1.70. The van der Waals surface area contributed by atoms with Gasteiger partial charge in [-0.3, -0.25) is 0 Å². The van der Waals surface area contributed by atoms with Crippen LogP contribution in [0.3, 0.4) is 0 Å². The smallest absolute Gasteiger partial charge is 0.217 e. The summed E-state index contributed by atoms with van der Waals surface area (Å²) in [6.07, 6.45) is 7.27. The number of nitrogens with zero attached hydrogens (tertiary/aromatic N) is 3. The number of hydrogen-bond acceptors (Lipinski definition) is 6. The lowest BCUT2D eigenvalue weighted by atomic mass is 10.1. The molecule has 0 amide bonds. The van der Waals surface area contributed by atoms with Crippen molar-refractivity contribution >= 4 is 5.69 Å². The van der Waals surface area contributed by atoms with Crippen LogP contribution in [0.2, 0.25) is 0 Å². The minimum absolute atomic E-state index is 0.429. The van der Waals surface area contributed by atoms with Gasteiger partial charge in [-0.1, -0.05) is 12.8 Å². The van der Waals surface area contributed by atoms with Crippen molar-refractivity contribution < 1.29 is 13.9 Å². The van der Waals surface area contributed by atoms with Crippen molar-refractivity contribution in [1.29, 1.82) is 0 Å². The first-order valence-corrected chi connectivity index (χ1v) is 10.4. The van der Waals surface area contributed by atoms with E-state index in [-0.39, 0.29) is 0 Å². The van der Waals surface area contributed by atoms with Crippen molar-refractivity contribution in [3.63, 3.8) is 0 Å². The van der Waals surface area contributed by atoms with Gasteiger partial charge in [0.1, 0.15) is 11.4 Å². The van der Waals surface area contributed by atoms with E-state index >= 15 is 0 Å². The van der Waals surface area contributed by atoms with Crippen molar-refractivity contribution in [3.05, 3.63) is 17.6 Å². The molecular formula is C20H35N3O3. The number of furan rings is 1. The second-order valence-electron chi connectivity index (χ2n) is 7.15. The maximum absolute atomic E-state index is 6.10. The number of piperidine rings is 2. The Kier molecular flexibility index (Phi) is 7.37. The highest BCUT2D eigenvalue weighted by molar-refractivity contribution is 5.49. The highest BCUT2D eigenvalue weighted by atomic mass is 16.7. The van der Waals surface area contributed by atoms with Gasteiger partial charge in [0.2, 0.25) is 6.29 Å². The molecule has 2 aliphatic heterocycles. The van der Waals surface area contributed by atoms with Crippen molar-refractivity contribution in [2.45, 2.75) is 65.6 Å². The van der Waals surface area contributed by atoms with Crippen LogP contribution in [0.25, 0.3) is 0 Å². The minimum atomic E-state index is -0.429.